The normalized spacial score (nSPS) is 26.7. The summed E-state index contributed by atoms with van der Waals surface area (Å²) in [5.41, 5.74) is -0.164. The molecule has 0 aliphatic heterocycles. The lowest BCUT2D eigenvalue weighted by Crippen LogP contribution is -2.27. The van der Waals surface area contributed by atoms with Gasteiger partial charge in [-0.3, -0.25) is 9.59 Å². The van der Waals surface area contributed by atoms with Gasteiger partial charge in [0, 0.05) is 5.33 Å². The van der Waals surface area contributed by atoms with E-state index in [0.717, 1.165) is 5.56 Å². The quantitative estimate of drug-likeness (QED) is 0.602. The number of hydrogen-bond donors (Lipinski definition) is 1. The Balaban J connectivity index is 2.04. The van der Waals surface area contributed by atoms with Crippen molar-refractivity contribution in [3.8, 4) is 0 Å². The molecule has 0 bridgehead atoms. The van der Waals surface area contributed by atoms with Crippen LogP contribution in [-0.2, 0) is 25.7 Å². The Labute approximate surface area is 144 Å². The predicted octanol–water partition coefficient (Wildman–Crippen LogP) is 2.45. The summed E-state index contributed by atoms with van der Waals surface area (Å²) in [5, 5.41) is 11.2. The van der Waals surface area contributed by atoms with Crippen molar-refractivity contribution in [3.05, 3.63) is 35.9 Å². The zero-order valence-electron chi connectivity index (χ0n) is 13.0. The predicted molar refractivity (Wildman–Crippen MR) is 87.8 cm³/mol. The van der Waals surface area contributed by atoms with Crippen LogP contribution in [0.2, 0.25) is 0 Å². The number of aliphatic hydroxyl groups is 1. The van der Waals surface area contributed by atoms with E-state index >= 15 is 0 Å². The molecular formula is C17H21BrO5. The molecule has 1 aromatic carbocycles. The van der Waals surface area contributed by atoms with Gasteiger partial charge in [0.1, 0.15) is 6.61 Å². The molecule has 1 unspecified atom stereocenters. The summed E-state index contributed by atoms with van der Waals surface area (Å²) in [6.07, 6.45) is 0.908. The summed E-state index contributed by atoms with van der Waals surface area (Å²) in [7, 11) is 1.29. The van der Waals surface area contributed by atoms with Crippen LogP contribution < -0.4 is 0 Å². The zero-order valence-corrected chi connectivity index (χ0v) is 14.6. The van der Waals surface area contributed by atoms with Gasteiger partial charge in [0.05, 0.1) is 24.5 Å². The van der Waals surface area contributed by atoms with Crippen LogP contribution in [0.3, 0.4) is 0 Å². The van der Waals surface area contributed by atoms with E-state index in [-0.39, 0.29) is 19.4 Å². The third kappa shape index (κ3) is 4.54. The summed E-state index contributed by atoms with van der Waals surface area (Å²) >= 11 is 3.29. The second-order valence-corrected chi connectivity index (χ2v) is 6.69. The van der Waals surface area contributed by atoms with Crippen LogP contribution in [0.15, 0.2) is 30.3 Å². The van der Waals surface area contributed by atoms with Crippen molar-refractivity contribution in [1.29, 1.82) is 0 Å². The Morgan fingerprint density at radius 2 is 1.83 bits per heavy atom. The fourth-order valence-corrected chi connectivity index (χ4v) is 3.79. The fraction of sp³-hybridized carbons (Fsp3) is 0.529. The van der Waals surface area contributed by atoms with Gasteiger partial charge in [-0.25, -0.2) is 0 Å². The van der Waals surface area contributed by atoms with Crippen molar-refractivity contribution in [3.63, 3.8) is 0 Å². The molecule has 5 nitrogen and oxygen atoms in total. The second-order valence-electron chi connectivity index (χ2n) is 5.90. The van der Waals surface area contributed by atoms with Crippen molar-refractivity contribution in [2.75, 3.05) is 12.4 Å². The monoisotopic (exact) mass is 384 g/mol. The second kappa shape index (κ2) is 7.93. The van der Waals surface area contributed by atoms with Gasteiger partial charge in [-0.05, 0) is 24.8 Å². The average Bonchev–Trinajstić information content (AvgIpc) is 2.91. The van der Waals surface area contributed by atoms with Gasteiger partial charge >= 0.3 is 11.9 Å². The fourth-order valence-electron chi connectivity index (χ4n) is 3.05. The lowest BCUT2D eigenvalue weighted by Gasteiger charge is -2.21. The van der Waals surface area contributed by atoms with Crippen LogP contribution in [-0.4, -0.2) is 35.1 Å². The summed E-state index contributed by atoms with van der Waals surface area (Å²) in [5.74, 6) is -2.27. The van der Waals surface area contributed by atoms with E-state index in [2.05, 4.69) is 15.9 Å². The minimum absolute atomic E-state index is 0.154. The highest BCUT2D eigenvalue weighted by Gasteiger charge is 2.51. The van der Waals surface area contributed by atoms with E-state index < -0.39 is 29.4 Å². The number of ether oxygens (including phenoxy) is 2. The molecule has 0 aromatic heterocycles. The Kier molecular flexibility index (Phi) is 6.18. The summed E-state index contributed by atoms with van der Waals surface area (Å²) in [6, 6.07) is 9.34. The molecule has 1 fully saturated rings. The molecule has 1 aromatic rings. The molecule has 0 amide bonds. The van der Waals surface area contributed by atoms with Crippen LogP contribution >= 0.6 is 15.9 Å². The molecule has 1 N–H and O–H groups in total. The van der Waals surface area contributed by atoms with Gasteiger partial charge < -0.3 is 14.6 Å². The highest BCUT2D eigenvalue weighted by molar-refractivity contribution is 9.09. The molecule has 6 heteroatoms. The van der Waals surface area contributed by atoms with Crippen LogP contribution in [0.1, 0.15) is 24.8 Å². The van der Waals surface area contributed by atoms with E-state index in [1.54, 1.807) is 0 Å². The molecule has 126 valence electrons. The van der Waals surface area contributed by atoms with Gasteiger partial charge in [0.15, 0.2) is 0 Å². The van der Waals surface area contributed by atoms with Crippen molar-refractivity contribution in [1.82, 2.24) is 0 Å². The molecular weight excluding hydrogens is 364 g/mol. The number of alkyl halides is 1. The van der Waals surface area contributed by atoms with Gasteiger partial charge in [0.25, 0.3) is 0 Å². The van der Waals surface area contributed by atoms with Gasteiger partial charge in [-0.15, -0.1) is 0 Å². The van der Waals surface area contributed by atoms with E-state index in [4.69, 9.17) is 9.47 Å². The molecule has 0 saturated heterocycles. The van der Waals surface area contributed by atoms with E-state index in [1.807, 2.05) is 30.3 Å². The SMILES string of the molecule is COC(=O)[C@H]1CC(O)(CCBr)C[C@H]1C(=O)OCc1ccccc1. The average molecular weight is 385 g/mol. The van der Waals surface area contributed by atoms with E-state index in [9.17, 15) is 14.7 Å². The molecule has 1 aliphatic rings. The Morgan fingerprint density at radius 3 is 2.39 bits per heavy atom. The first kappa shape index (κ1) is 17.9. The standard InChI is InChI=1S/C17H21BrO5/c1-22-15(19)13-9-17(21,7-8-18)10-14(13)16(20)23-11-12-5-3-2-4-6-12/h2-6,13-14,21H,7-11H2,1H3/t13-,14+,17?/m0/s1. The van der Waals surface area contributed by atoms with E-state index in [0.29, 0.717) is 11.8 Å². The Hall–Kier alpha value is -1.40. The maximum Gasteiger partial charge on any atom is 0.310 e. The van der Waals surface area contributed by atoms with E-state index in [1.165, 1.54) is 7.11 Å². The molecule has 1 aliphatic carbocycles. The third-order valence-electron chi connectivity index (χ3n) is 4.28. The van der Waals surface area contributed by atoms with Gasteiger partial charge in [-0.1, -0.05) is 46.3 Å². The number of methoxy groups -OCH3 is 1. The lowest BCUT2D eigenvalue weighted by molar-refractivity contribution is -0.158. The number of carbonyl (C=O) groups is 2. The molecule has 0 heterocycles. The van der Waals surface area contributed by atoms with Crippen molar-refractivity contribution < 1.29 is 24.2 Å². The van der Waals surface area contributed by atoms with Crippen LogP contribution in [0, 0.1) is 11.8 Å². The molecule has 23 heavy (non-hydrogen) atoms. The zero-order chi connectivity index (χ0) is 16.9. The third-order valence-corrected chi connectivity index (χ3v) is 4.67. The number of halogens is 1. The summed E-state index contributed by atoms with van der Waals surface area (Å²) < 4.78 is 10.1. The summed E-state index contributed by atoms with van der Waals surface area (Å²) in [6.45, 7) is 0.154. The van der Waals surface area contributed by atoms with Gasteiger partial charge in [0.2, 0.25) is 0 Å². The topological polar surface area (TPSA) is 72.8 Å². The number of carbonyl (C=O) groups excluding carboxylic acids is 2. The first-order valence-corrected chi connectivity index (χ1v) is 8.68. The minimum Gasteiger partial charge on any atom is -0.469 e. The van der Waals surface area contributed by atoms with Gasteiger partial charge in [-0.2, -0.15) is 0 Å². The number of rotatable bonds is 6. The molecule has 2 rings (SSSR count). The first-order chi connectivity index (χ1) is 11.0. The maximum atomic E-state index is 12.4. The summed E-state index contributed by atoms with van der Waals surface area (Å²) in [4.78, 5) is 24.3. The smallest absolute Gasteiger partial charge is 0.310 e. The molecule has 1 saturated carbocycles. The van der Waals surface area contributed by atoms with Crippen LogP contribution in [0.5, 0.6) is 0 Å². The van der Waals surface area contributed by atoms with Crippen molar-refractivity contribution >= 4 is 27.9 Å². The van der Waals surface area contributed by atoms with Crippen LogP contribution in [0.25, 0.3) is 0 Å². The highest BCUT2D eigenvalue weighted by atomic mass is 79.9. The molecule has 3 atom stereocenters. The number of hydrogen-bond acceptors (Lipinski definition) is 5. The Bertz CT molecular complexity index is 547. The molecule has 0 radical (unpaired) electrons. The maximum absolute atomic E-state index is 12.4. The minimum atomic E-state index is -1.04. The largest absolute Gasteiger partial charge is 0.469 e. The molecule has 0 spiro atoms. The van der Waals surface area contributed by atoms with Crippen molar-refractivity contribution in [2.24, 2.45) is 11.8 Å². The first-order valence-electron chi connectivity index (χ1n) is 7.56. The Morgan fingerprint density at radius 1 is 1.22 bits per heavy atom. The van der Waals surface area contributed by atoms with Crippen LogP contribution in [0.4, 0.5) is 0 Å². The van der Waals surface area contributed by atoms with Crippen molar-refractivity contribution in [2.45, 2.75) is 31.5 Å². The number of benzene rings is 1. The lowest BCUT2D eigenvalue weighted by atomic mass is 9.96. The number of esters is 2. The highest BCUT2D eigenvalue weighted by Crippen LogP contribution is 2.43.